The maximum atomic E-state index is 10.9. The lowest BCUT2D eigenvalue weighted by atomic mass is 10.0. The molecule has 1 N–H and O–H groups in total. The van der Waals surface area contributed by atoms with Crippen LogP contribution in [-0.4, -0.2) is 29.2 Å². The minimum absolute atomic E-state index is 0.0807. The van der Waals surface area contributed by atoms with E-state index in [1.54, 1.807) is 13.0 Å². The minimum atomic E-state index is -0.375. The molecule has 1 heterocycles. The van der Waals surface area contributed by atoms with Gasteiger partial charge in [-0.2, -0.15) is 0 Å². The second-order valence-corrected chi connectivity index (χ2v) is 5.91. The van der Waals surface area contributed by atoms with Gasteiger partial charge in [-0.3, -0.25) is 10.1 Å². The summed E-state index contributed by atoms with van der Waals surface area (Å²) in [4.78, 5) is 12.7. The smallest absolute Gasteiger partial charge is 0.273 e. The third-order valence-electron chi connectivity index (χ3n) is 3.84. The van der Waals surface area contributed by atoms with Gasteiger partial charge in [-0.05, 0) is 41.3 Å². The topological polar surface area (TPSA) is 66.6 Å². The van der Waals surface area contributed by atoms with Crippen molar-refractivity contribution in [1.82, 2.24) is 0 Å². The summed E-state index contributed by atoms with van der Waals surface area (Å²) in [7, 11) is 0. The molecule has 104 valence electrons. The van der Waals surface area contributed by atoms with Gasteiger partial charge in [0.1, 0.15) is 0 Å². The Kier molecular flexibility index (Phi) is 4.10. The molecule has 0 aromatic heterocycles. The molecule has 0 saturated carbocycles. The van der Waals surface area contributed by atoms with Crippen LogP contribution in [0.1, 0.15) is 18.9 Å². The Morgan fingerprint density at radius 1 is 1.58 bits per heavy atom. The Morgan fingerprint density at radius 3 is 2.84 bits per heavy atom. The lowest BCUT2D eigenvalue weighted by Crippen LogP contribution is -2.35. The Labute approximate surface area is 120 Å². The van der Waals surface area contributed by atoms with Crippen LogP contribution in [0.2, 0.25) is 0 Å². The van der Waals surface area contributed by atoms with Gasteiger partial charge >= 0.3 is 0 Å². The van der Waals surface area contributed by atoms with Crippen LogP contribution >= 0.6 is 15.9 Å². The number of nitro benzene ring substituents is 1. The molecule has 0 bridgehead atoms. The van der Waals surface area contributed by atoms with Crippen LogP contribution < -0.4 is 4.90 Å². The van der Waals surface area contributed by atoms with Crippen molar-refractivity contribution < 1.29 is 10.0 Å². The maximum absolute atomic E-state index is 10.9. The maximum Gasteiger partial charge on any atom is 0.273 e. The zero-order chi connectivity index (χ0) is 14.2. The number of halogens is 1. The van der Waals surface area contributed by atoms with E-state index in [2.05, 4.69) is 27.8 Å². The number of nitro groups is 1. The predicted octanol–water partition coefficient (Wildman–Crippen LogP) is 2.87. The third kappa shape index (κ3) is 2.60. The molecule has 1 aromatic rings. The molecule has 1 fully saturated rings. The van der Waals surface area contributed by atoms with E-state index in [1.165, 1.54) is 0 Å². The fourth-order valence-corrected chi connectivity index (χ4v) is 3.22. The molecule has 2 unspecified atom stereocenters. The van der Waals surface area contributed by atoms with Gasteiger partial charge in [-0.25, -0.2) is 0 Å². The Balaban J connectivity index is 2.41. The standard InChI is InChI=1S/C13H17BrN2O3/c1-8-3-4-15(13(8)7-17)12-5-9(2)11(16(18)19)6-10(12)14/h5-6,8,13,17H,3-4,7H2,1-2H3. The molecule has 0 spiro atoms. The minimum Gasteiger partial charge on any atom is -0.394 e. The van der Waals surface area contributed by atoms with Crippen molar-refractivity contribution in [3.63, 3.8) is 0 Å². The molecule has 0 amide bonds. The Morgan fingerprint density at radius 2 is 2.26 bits per heavy atom. The van der Waals surface area contributed by atoms with E-state index >= 15 is 0 Å². The molecule has 1 saturated heterocycles. The van der Waals surface area contributed by atoms with Gasteiger partial charge in [0.15, 0.2) is 0 Å². The zero-order valence-corrected chi connectivity index (χ0v) is 12.6. The molecule has 19 heavy (non-hydrogen) atoms. The van der Waals surface area contributed by atoms with Gasteiger partial charge in [-0.1, -0.05) is 6.92 Å². The van der Waals surface area contributed by atoms with Crippen LogP contribution in [0.25, 0.3) is 0 Å². The van der Waals surface area contributed by atoms with Gasteiger partial charge < -0.3 is 10.0 Å². The number of benzene rings is 1. The molecule has 2 atom stereocenters. The molecule has 6 heteroatoms. The largest absolute Gasteiger partial charge is 0.394 e. The third-order valence-corrected chi connectivity index (χ3v) is 4.48. The number of aliphatic hydroxyl groups is 1. The van der Waals surface area contributed by atoms with Crippen molar-refractivity contribution in [2.45, 2.75) is 26.3 Å². The van der Waals surface area contributed by atoms with Crippen molar-refractivity contribution >= 4 is 27.3 Å². The molecular formula is C13H17BrN2O3. The van der Waals surface area contributed by atoms with Crippen LogP contribution in [-0.2, 0) is 0 Å². The van der Waals surface area contributed by atoms with Gasteiger partial charge in [0, 0.05) is 22.6 Å². The Bertz CT molecular complexity index is 507. The highest BCUT2D eigenvalue weighted by molar-refractivity contribution is 9.10. The average Bonchev–Trinajstić information content (AvgIpc) is 2.72. The highest BCUT2D eigenvalue weighted by Crippen LogP contribution is 2.37. The first kappa shape index (κ1) is 14.3. The summed E-state index contributed by atoms with van der Waals surface area (Å²) in [6.45, 7) is 4.82. The van der Waals surface area contributed by atoms with Crippen LogP contribution in [0.3, 0.4) is 0 Å². The zero-order valence-electron chi connectivity index (χ0n) is 11.0. The Hall–Kier alpha value is -1.14. The van der Waals surface area contributed by atoms with E-state index in [0.29, 0.717) is 16.0 Å². The molecular weight excluding hydrogens is 312 g/mol. The van der Waals surface area contributed by atoms with E-state index in [9.17, 15) is 15.2 Å². The van der Waals surface area contributed by atoms with Crippen molar-refractivity contribution in [3.05, 3.63) is 32.3 Å². The fraction of sp³-hybridized carbons (Fsp3) is 0.538. The second kappa shape index (κ2) is 5.46. The first-order chi connectivity index (χ1) is 8.95. The van der Waals surface area contributed by atoms with Gasteiger partial charge in [0.05, 0.1) is 23.3 Å². The predicted molar refractivity (Wildman–Crippen MR) is 77.5 cm³/mol. The molecule has 0 radical (unpaired) electrons. The number of hydrogen-bond acceptors (Lipinski definition) is 4. The van der Waals surface area contributed by atoms with E-state index in [1.807, 2.05) is 6.07 Å². The van der Waals surface area contributed by atoms with Gasteiger partial charge in [0.25, 0.3) is 5.69 Å². The van der Waals surface area contributed by atoms with Crippen LogP contribution in [0.5, 0.6) is 0 Å². The van der Waals surface area contributed by atoms with E-state index < -0.39 is 0 Å². The van der Waals surface area contributed by atoms with E-state index in [0.717, 1.165) is 18.7 Å². The highest BCUT2D eigenvalue weighted by Gasteiger charge is 2.32. The summed E-state index contributed by atoms with van der Waals surface area (Å²) < 4.78 is 0.706. The van der Waals surface area contributed by atoms with E-state index in [-0.39, 0.29) is 23.3 Å². The average molecular weight is 329 g/mol. The molecule has 1 aliphatic heterocycles. The fourth-order valence-electron chi connectivity index (χ4n) is 2.66. The summed E-state index contributed by atoms with van der Waals surface area (Å²) in [5.74, 6) is 0.424. The number of hydrogen-bond donors (Lipinski definition) is 1. The summed E-state index contributed by atoms with van der Waals surface area (Å²) in [6, 6.07) is 3.45. The molecule has 5 nitrogen and oxygen atoms in total. The molecule has 2 rings (SSSR count). The summed E-state index contributed by atoms with van der Waals surface area (Å²) in [6.07, 6.45) is 1.02. The van der Waals surface area contributed by atoms with Crippen molar-refractivity contribution in [2.24, 2.45) is 5.92 Å². The van der Waals surface area contributed by atoms with Crippen LogP contribution in [0.4, 0.5) is 11.4 Å². The first-order valence-corrected chi connectivity index (χ1v) is 7.07. The van der Waals surface area contributed by atoms with Crippen LogP contribution in [0.15, 0.2) is 16.6 Å². The number of anilines is 1. The van der Waals surface area contributed by atoms with Gasteiger partial charge in [0.2, 0.25) is 0 Å². The van der Waals surface area contributed by atoms with E-state index in [4.69, 9.17) is 0 Å². The number of rotatable bonds is 3. The first-order valence-electron chi connectivity index (χ1n) is 6.27. The SMILES string of the molecule is Cc1cc(N2CCC(C)C2CO)c(Br)cc1[N+](=O)[O-]. The van der Waals surface area contributed by atoms with Crippen molar-refractivity contribution in [1.29, 1.82) is 0 Å². The highest BCUT2D eigenvalue weighted by atomic mass is 79.9. The lowest BCUT2D eigenvalue weighted by Gasteiger charge is -2.28. The number of aryl methyl sites for hydroxylation is 1. The quantitative estimate of drug-likeness (QED) is 0.684. The number of aliphatic hydroxyl groups excluding tert-OH is 1. The number of nitrogens with zero attached hydrogens (tertiary/aromatic N) is 2. The lowest BCUT2D eigenvalue weighted by molar-refractivity contribution is -0.385. The van der Waals surface area contributed by atoms with Crippen molar-refractivity contribution in [2.75, 3.05) is 18.1 Å². The van der Waals surface area contributed by atoms with Crippen LogP contribution in [0, 0.1) is 23.0 Å². The molecule has 0 aliphatic carbocycles. The summed E-state index contributed by atoms with van der Waals surface area (Å²) in [5, 5.41) is 20.4. The van der Waals surface area contributed by atoms with Crippen molar-refractivity contribution in [3.8, 4) is 0 Å². The molecule has 1 aromatic carbocycles. The summed E-state index contributed by atoms with van der Waals surface area (Å²) in [5.41, 5.74) is 1.68. The molecule has 1 aliphatic rings. The summed E-state index contributed by atoms with van der Waals surface area (Å²) >= 11 is 3.41. The monoisotopic (exact) mass is 328 g/mol. The normalized spacial score (nSPS) is 22.8. The second-order valence-electron chi connectivity index (χ2n) is 5.06. The van der Waals surface area contributed by atoms with Gasteiger partial charge in [-0.15, -0.1) is 0 Å².